The zero-order valence-electron chi connectivity index (χ0n) is 15.8. The first-order valence-corrected chi connectivity index (χ1v) is 9.71. The third kappa shape index (κ3) is 5.61. The Morgan fingerprint density at radius 3 is 2.37 bits per heavy atom. The lowest BCUT2D eigenvalue weighted by molar-refractivity contribution is -0.182. The minimum Gasteiger partial charge on any atom is -0.369 e. The Balaban J connectivity index is 1.39. The zero-order chi connectivity index (χ0) is 19.4. The van der Waals surface area contributed by atoms with Gasteiger partial charge in [0.05, 0.1) is 12.5 Å². The number of hydrogen-bond acceptors (Lipinski definition) is 3. The van der Waals surface area contributed by atoms with Crippen LogP contribution in [0.25, 0.3) is 0 Å². The van der Waals surface area contributed by atoms with Crippen molar-refractivity contribution in [2.45, 2.75) is 44.8 Å². The molecule has 0 atom stereocenters. The molecule has 1 N–H and O–H groups in total. The molecule has 1 saturated heterocycles. The van der Waals surface area contributed by atoms with Gasteiger partial charge >= 0.3 is 6.18 Å². The number of anilines is 1. The van der Waals surface area contributed by atoms with E-state index in [4.69, 9.17) is 0 Å². The predicted molar refractivity (Wildman–Crippen MR) is 99.8 cm³/mol. The topological polar surface area (TPSA) is 35.6 Å². The number of rotatable bonds is 4. The Bertz CT molecular complexity index is 634. The van der Waals surface area contributed by atoms with Crippen molar-refractivity contribution < 1.29 is 18.0 Å². The summed E-state index contributed by atoms with van der Waals surface area (Å²) < 4.78 is 38.2. The van der Waals surface area contributed by atoms with E-state index in [-0.39, 0.29) is 24.8 Å². The van der Waals surface area contributed by atoms with E-state index in [0.29, 0.717) is 19.4 Å². The van der Waals surface area contributed by atoms with Gasteiger partial charge in [-0.1, -0.05) is 12.1 Å². The fourth-order valence-electron chi connectivity index (χ4n) is 4.03. The summed E-state index contributed by atoms with van der Waals surface area (Å²) in [5, 5.41) is 2.93. The van der Waals surface area contributed by atoms with Crippen LogP contribution < -0.4 is 10.2 Å². The van der Waals surface area contributed by atoms with Crippen molar-refractivity contribution in [2.24, 2.45) is 5.92 Å². The van der Waals surface area contributed by atoms with Crippen molar-refractivity contribution in [1.82, 2.24) is 10.2 Å². The number of halogens is 3. The predicted octanol–water partition coefficient (Wildman–Crippen LogP) is 3.35. The monoisotopic (exact) mass is 383 g/mol. The Labute approximate surface area is 158 Å². The highest BCUT2D eigenvalue weighted by atomic mass is 19.4. The molecule has 1 aromatic carbocycles. The van der Waals surface area contributed by atoms with Gasteiger partial charge in [-0.25, -0.2) is 0 Å². The van der Waals surface area contributed by atoms with Crippen LogP contribution in [0.3, 0.4) is 0 Å². The molecule has 1 heterocycles. The molecule has 1 aliphatic heterocycles. The van der Waals surface area contributed by atoms with E-state index < -0.39 is 12.1 Å². The van der Waals surface area contributed by atoms with E-state index in [9.17, 15) is 18.0 Å². The number of aryl methyl sites for hydroxylation is 1. The molecular weight excluding hydrogens is 355 g/mol. The van der Waals surface area contributed by atoms with Gasteiger partial charge in [0.15, 0.2) is 0 Å². The summed E-state index contributed by atoms with van der Waals surface area (Å²) in [6.07, 6.45) is -3.05. The number of amides is 1. The molecule has 0 radical (unpaired) electrons. The molecule has 0 bridgehead atoms. The maximum Gasteiger partial charge on any atom is 0.391 e. The fourth-order valence-corrected chi connectivity index (χ4v) is 4.03. The SMILES string of the molecule is Cc1cccc(N2CCN(CC(=O)NC3CCC(C(F)(F)F)CC3)CC2)c1. The maximum atomic E-state index is 12.7. The molecule has 3 rings (SSSR count). The first kappa shape index (κ1) is 20.0. The number of piperazine rings is 1. The Morgan fingerprint density at radius 2 is 1.78 bits per heavy atom. The number of carbonyl (C=O) groups is 1. The van der Waals surface area contributed by atoms with Crippen molar-refractivity contribution in [2.75, 3.05) is 37.6 Å². The van der Waals surface area contributed by atoms with Gasteiger partial charge in [0.2, 0.25) is 5.91 Å². The molecule has 0 unspecified atom stereocenters. The van der Waals surface area contributed by atoms with Crippen LogP contribution >= 0.6 is 0 Å². The van der Waals surface area contributed by atoms with Crippen LogP contribution in [0.2, 0.25) is 0 Å². The summed E-state index contributed by atoms with van der Waals surface area (Å²) >= 11 is 0. The average Bonchev–Trinajstić information content (AvgIpc) is 2.62. The summed E-state index contributed by atoms with van der Waals surface area (Å²) in [6.45, 7) is 5.75. The fraction of sp³-hybridized carbons (Fsp3) is 0.650. The first-order valence-electron chi connectivity index (χ1n) is 9.71. The molecule has 1 aliphatic carbocycles. The van der Waals surface area contributed by atoms with Crippen LogP contribution in [-0.4, -0.2) is 55.7 Å². The number of nitrogens with one attached hydrogen (secondary N) is 1. The highest BCUT2D eigenvalue weighted by Gasteiger charge is 2.41. The largest absolute Gasteiger partial charge is 0.391 e. The molecule has 27 heavy (non-hydrogen) atoms. The molecule has 1 aromatic rings. The van der Waals surface area contributed by atoms with Crippen molar-refractivity contribution >= 4 is 11.6 Å². The lowest BCUT2D eigenvalue weighted by Gasteiger charge is -2.36. The molecule has 1 saturated carbocycles. The van der Waals surface area contributed by atoms with Gasteiger partial charge in [-0.05, 0) is 50.3 Å². The van der Waals surface area contributed by atoms with Crippen molar-refractivity contribution in [3.63, 3.8) is 0 Å². The van der Waals surface area contributed by atoms with Gasteiger partial charge < -0.3 is 10.2 Å². The molecule has 2 aliphatic rings. The molecule has 1 amide bonds. The molecule has 2 fully saturated rings. The van der Waals surface area contributed by atoms with E-state index in [1.807, 2.05) is 0 Å². The Kier molecular flexibility index (Phi) is 6.29. The lowest BCUT2D eigenvalue weighted by Crippen LogP contribution is -2.51. The van der Waals surface area contributed by atoms with Gasteiger partial charge in [0.25, 0.3) is 0 Å². The standard InChI is InChI=1S/C20H28F3N3O/c1-15-3-2-4-18(13-15)26-11-9-25(10-12-26)14-19(27)24-17-7-5-16(6-8-17)20(21,22)23/h2-4,13,16-17H,5-12,14H2,1H3,(H,24,27). The van der Waals surface area contributed by atoms with Crippen LogP contribution in [0.15, 0.2) is 24.3 Å². The van der Waals surface area contributed by atoms with E-state index in [0.717, 1.165) is 26.2 Å². The van der Waals surface area contributed by atoms with Crippen LogP contribution in [0, 0.1) is 12.8 Å². The second-order valence-electron chi connectivity index (χ2n) is 7.76. The van der Waals surface area contributed by atoms with Crippen molar-refractivity contribution in [3.8, 4) is 0 Å². The van der Waals surface area contributed by atoms with Gasteiger partial charge in [-0.3, -0.25) is 9.69 Å². The summed E-state index contributed by atoms with van der Waals surface area (Å²) in [5.41, 5.74) is 2.44. The van der Waals surface area contributed by atoms with Crippen molar-refractivity contribution in [3.05, 3.63) is 29.8 Å². The maximum absolute atomic E-state index is 12.7. The van der Waals surface area contributed by atoms with Gasteiger partial charge in [-0.15, -0.1) is 0 Å². The number of hydrogen-bond donors (Lipinski definition) is 1. The Morgan fingerprint density at radius 1 is 1.11 bits per heavy atom. The van der Waals surface area contributed by atoms with E-state index in [2.05, 4.69) is 46.3 Å². The van der Waals surface area contributed by atoms with Gasteiger partial charge in [-0.2, -0.15) is 13.2 Å². The third-order valence-corrected chi connectivity index (χ3v) is 5.66. The summed E-state index contributed by atoms with van der Waals surface area (Å²) in [4.78, 5) is 16.7. The summed E-state index contributed by atoms with van der Waals surface area (Å²) in [7, 11) is 0. The Hall–Kier alpha value is -1.76. The van der Waals surface area contributed by atoms with Gasteiger partial charge in [0, 0.05) is 37.9 Å². The highest BCUT2D eigenvalue weighted by Crippen LogP contribution is 2.37. The molecule has 0 spiro atoms. The summed E-state index contributed by atoms with van der Waals surface area (Å²) in [5.74, 6) is -1.28. The van der Waals surface area contributed by atoms with Gasteiger partial charge in [0.1, 0.15) is 0 Å². The van der Waals surface area contributed by atoms with Crippen LogP contribution in [0.5, 0.6) is 0 Å². The minimum atomic E-state index is -4.11. The highest BCUT2D eigenvalue weighted by molar-refractivity contribution is 5.78. The quantitative estimate of drug-likeness (QED) is 0.866. The minimum absolute atomic E-state index is 0.0746. The van der Waals surface area contributed by atoms with E-state index in [1.54, 1.807) is 0 Å². The second kappa shape index (κ2) is 8.50. The van der Waals surface area contributed by atoms with Crippen LogP contribution in [-0.2, 0) is 4.79 Å². The molecular formula is C20H28F3N3O. The second-order valence-corrected chi connectivity index (χ2v) is 7.76. The number of carbonyl (C=O) groups excluding carboxylic acids is 1. The first-order chi connectivity index (χ1) is 12.8. The molecule has 4 nitrogen and oxygen atoms in total. The lowest BCUT2D eigenvalue weighted by atomic mass is 9.85. The summed E-state index contributed by atoms with van der Waals surface area (Å²) in [6, 6.07) is 8.28. The number of alkyl halides is 3. The number of benzene rings is 1. The third-order valence-electron chi connectivity index (χ3n) is 5.66. The van der Waals surface area contributed by atoms with Crippen LogP contribution in [0.1, 0.15) is 31.2 Å². The zero-order valence-corrected chi connectivity index (χ0v) is 15.8. The number of nitrogens with zero attached hydrogens (tertiary/aromatic N) is 2. The van der Waals surface area contributed by atoms with Crippen LogP contribution in [0.4, 0.5) is 18.9 Å². The normalized spacial score (nSPS) is 24.7. The van der Waals surface area contributed by atoms with E-state index >= 15 is 0 Å². The molecule has 7 heteroatoms. The molecule has 0 aromatic heterocycles. The molecule has 150 valence electrons. The smallest absolute Gasteiger partial charge is 0.369 e. The van der Waals surface area contributed by atoms with Crippen molar-refractivity contribution in [1.29, 1.82) is 0 Å². The van der Waals surface area contributed by atoms with E-state index in [1.165, 1.54) is 11.3 Å². The average molecular weight is 383 g/mol.